The molecular formula is C11H11F5N3OS+. The monoisotopic (exact) mass is 328 g/mol. The SMILES string of the molecule is CS(O)=[N+](C#N)CCc1ccc(C(F)(F)C(F)(F)F)nc1. The molecule has 4 nitrogen and oxygen atoms in total. The zero-order chi connectivity index (χ0) is 16.3. The summed E-state index contributed by atoms with van der Waals surface area (Å²) in [6.07, 6.45) is -1.50. The second kappa shape index (κ2) is 6.44. The summed E-state index contributed by atoms with van der Waals surface area (Å²) in [5, 5.41) is 8.70. The van der Waals surface area contributed by atoms with Crippen LogP contribution in [0.5, 0.6) is 0 Å². The third-order valence-corrected chi connectivity index (χ3v) is 3.44. The molecule has 0 saturated heterocycles. The summed E-state index contributed by atoms with van der Waals surface area (Å²) in [6.45, 7) is 0.100. The molecule has 0 saturated carbocycles. The van der Waals surface area contributed by atoms with E-state index in [1.807, 2.05) is 0 Å². The van der Waals surface area contributed by atoms with Gasteiger partial charge >= 0.3 is 18.3 Å². The Kier molecular flexibility index (Phi) is 5.36. The molecule has 1 N–H and O–H groups in total. The Balaban J connectivity index is 2.86. The zero-order valence-electron chi connectivity index (χ0n) is 10.7. The molecule has 1 unspecified atom stereocenters. The molecule has 1 aromatic rings. The van der Waals surface area contributed by atoms with E-state index in [4.69, 9.17) is 5.26 Å². The fraction of sp³-hybridized carbons (Fsp3) is 0.455. The highest BCUT2D eigenvalue weighted by Crippen LogP contribution is 2.42. The normalized spacial score (nSPS) is 14.5. The lowest BCUT2D eigenvalue weighted by Crippen LogP contribution is -2.34. The number of hydrogen-bond donors (Lipinski definition) is 1. The molecule has 1 heterocycles. The second-order valence-corrected chi connectivity index (χ2v) is 5.36. The van der Waals surface area contributed by atoms with E-state index in [1.54, 1.807) is 6.19 Å². The van der Waals surface area contributed by atoms with E-state index in [1.165, 1.54) is 6.26 Å². The van der Waals surface area contributed by atoms with Crippen molar-refractivity contribution in [3.05, 3.63) is 29.6 Å². The van der Waals surface area contributed by atoms with Gasteiger partial charge in [-0.3, -0.25) is 4.98 Å². The molecule has 1 aromatic heterocycles. The summed E-state index contributed by atoms with van der Waals surface area (Å²) in [4.78, 5) is 3.13. The van der Waals surface area contributed by atoms with Gasteiger partial charge in [-0.15, -0.1) is 3.95 Å². The summed E-state index contributed by atoms with van der Waals surface area (Å²) < 4.78 is 72.7. The van der Waals surface area contributed by atoms with E-state index in [9.17, 15) is 26.5 Å². The van der Waals surface area contributed by atoms with Gasteiger partial charge in [-0.2, -0.15) is 22.0 Å². The Bertz CT molecular complexity index is 573. The van der Waals surface area contributed by atoms with Crippen LogP contribution in [0.4, 0.5) is 22.0 Å². The largest absolute Gasteiger partial charge is 0.467 e. The summed E-state index contributed by atoms with van der Waals surface area (Å²) in [5.74, 6) is -5.01. The van der Waals surface area contributed by atoms with Crippen molar-refractivity contribution >= 4 is 11.0 Å². The van der Waals surface area contributed by atoms with Crippen LogP contribution in [0.1, 0.15) is 11.3 Å². The molecule has 0 bridgehead atoms. The maximum Gasteiger partial charge on any atom is 0.467 e. The Hall–Kier alpha value is -1.60. The van der Waals surface area contributed by atoms with Crippen molar-refractivity contribution in [1.82, 2.24) is 4.98 Å². The van der Waals surface area contributed by atoms with Crippen molar-refractivity contribution in [2.75, 3.05) is 12.8 Å². The number of nitrogens with zero attached hydrogens (tertiary/aromatic N) is 3. The predicted octanol–water partition coefficient (Wildman–Crippen LogP) is 2.68. The second-order valence-electron chi connectivity index (χ2n) is 4.02. The van der Waals surface area contributed by atoms with Crippen molar-refractivity contribution in [2.45, 2.75) is 18.5 Å². The third-order valence-electron chi connectivity index (χ3n) is 2.54. The molecule has 1 rings (SSSR count). The van der Waals surface area contributed by atoms with E-state index in [0.717, 1.165) is 16.2 Å². The van der Waals surface area contributed by atoms with Crippen LogP contribution < -0.4 is 0 Å². The van der Waals surface area contributed by atoms with E-state index >= 15 is 0 Å². The quantitative estimate of drug-likeness (QED) is 0.400. The summed E-state index contributed by atoms with van der Waals surface area (Å²) in [6, 6.07) is 1.69. The van der Waals surface area contributed by atoms with Crippen LogP contribution in [-0.2, 0) is 23.3 Å². The van der Waals surface area contributed by atoms with Crippen LogP contribution in [0, 0.1) is 11.5 Å². The van der Waals surface area contributed by atoms with Gasteiger partial charge in [0.2, 0.25) is 0 Å². The van der Waals surface area contributed by atoms with Crippen LogP contribution in [0.25, 0.3) is 0 Å². The summed E-state index contributed by atoms with van der Waals surface area (Å²) >= 11 is 0. The van der Waals surface area contributed by atoms with Crippen LogP contribution in [-0.4, -0.2) is 32.5 Å². The maximum atomic E-state index is 13.0. The van der Waals surface area contributed by atoms with Gasteiger partial charge in [-0.1, -0.05) is 6.07 Å². The molecule has 0 amide bonds. The number of rotatable bonds is 4. The van der Waals surface area contributed by atoms with Crippen molar-refractivity contribution in [3.63, 3.8) is 0 Å². The van der Waals surface area contributed by atoms with Gasteiger partial charge < -0.3 is 4.55 Å². The standard InChI is InChI=1S/C11H10F5N3OS/c1-21(20)19(7-17)5-4-8-2-3-9(18-6-8)10(12,13)11(14,15)16/h2-3,6H,4-5H2,1H3/p+1. The smallest absolute Gasteiger partial charge is 0.306 e. The van der Waals surface area contributed by atoms with E-state index < -0.39 is 28.8 Å². The van der Waals surface area contributed by atoms with Gasteiger partial charge in [0, 0.05) is 18.9 Å². The molecular weight excluding hydrogens is 317 g/mol. The van der Waals surface area contributed by atoms with Crippen molar-refractivity contribution in [3.8, 4) is 6.19 Å². The highest BCUT2D eigenvalue weighted by molar-refractivity contribution is 7.78. The molecule has 21 heavy (non-hydrogen) atoms. The van der Waals surface area contributed by atoms with Gasteiger partial charge in [-0.25, -0.2) is 0 Å². The summed E-state index contributed by atoms with van der Waals surface area (Å²) in [7, 11) is -1.27. The molecule has 0 aliphatic rings. The van der Waals surface area contributed by atoms with Gasteiger partial charge in [0.15, 0.2) is 5.26 Å². The average molecular weight is 328 g/mol. The fourth-order valence-electron chi connectivity index (χ4n) is 1.38. The number of nitriles is 1. The molecule has 0 fully saturated rings. The minimum Gasteiger partial charge on any atom is -0.306 e. The Morgan fingerprint density at radius 3 is 2.33 bits per heavy atom. The van der Waals surface area contributed by atoms with Gasteiger partial charge in [-0.05, 0) is 11.6 Å². The summed E-state index contributed by atoms with van der Waals surface area (Å²) in [5.41, 5.74) is -1.00. The van der Waals surface area contributed by atoms with Crippen LogP contribution in [0.3, 0.4) is 0 Å². The molecule has 10 heteroatoms. The lowest BCUT2D eigenvalue weighted by Gasteiger charge is -2.18. The number of halogens is 5. The first-order valence-corrected chi connectivity index (χ1v) is 7.06. The maximum absolute atomic E-state index is 13.0. The first kappa shape index (κ1) is 17.5. The van der Waals surface area contributed by atoms with E-state index in [-0.39, 0.29) is 13.0 Å². The van der Waals surface area contributed by atoms with Crippen molar-refractivity contribution in [2.24, 2.45) is 0 Å². The molecule has 0 radical (unpaired) electrons. The minimum atomic E-state index is -5.70. The number of pyridine rings is 1. The Labute approximate surface area is 119 Å². The minimum absolute atomic E-state index is 0.100. The van der Waals surface area contributed by atoms with Crippen LogP contribution in [0.2, 0.25) is 0 Å². The fourth-order valence-corrected chi connectivity index (χ4v) is 1.85. The van der Waals surface area contributed by atoms with E-state index in [2.05, 4.69) is 4.98 Å². The van der Waals surface area contributed by atoms with Crippen molar-refractivity contribution in [1.29, 1.82) is 5.26 Å². The van der Waals surface area contributed by atoms with Crippen LogP contribution >= 0.6 is 0 Å². The Morgan fingerprint density at radius 1 is 1.33 bits per heavy atom. The molecule has 116 valence electrons. The molecule has 0 aliphatic heterocycles. The first-order chi connectivity index (χ1) is 9.59. The lowest BCUT2D eigenvalue weighted by molar-refractivity contribution is -0.414. The average Bonchev–Trinajstić information content (AvgIpc) is 2.38. The molecule has 0 spiro atoms. The highest BCUT2D eigenvalue weighted by atomic mass is 32.2. The molecule has 0 aliphatic carbocycles. The van der Waals surface area contributed by atoms with Crippen LogP contribution in [0.15, 0.2) is 18.3 Å². The van der Waals surface area contributed by atoms with Gasteiger partial charge in [0.05, 0.1) is 0 Å². The van der Waals surface area contributed by atoms with Gasteiger partial charge in [0.1, 0.15) is 23.2 Å². The number of aromatic nitrogens is 1. The van der Waals surface area contributed by atoms with Gasteiger partial charge in [0.25, 0.3) is 0 Å². The molecule has 1 atom stereocenters. The highest BCUT2D eigenvalue weighted by Gasteiger charge is 2.59. The zero-order valence-corrected chi connectivity index (χ0v) is 11.5. The third kappa shape index (κ3) is 4.18. The first-order valence-electron chi connectivity index (χ1n) is 5.52. The molecule has 0 aromatic carbocycles. The predicted molar refractivity (Wildman–Crippen MR) is 64.5 cm³/mol. The Morgan fingerprint density at radius 2 is 1.95 bits per heavy atom. The van der Waals surface area contributed by atoms with E-state index in [0.29, 0.717) is 11.6 Å². The topological polar surface area (TPSA) is 59.9 Å². The number of alkyl halides is 5. The van der Waals surface area contributed by atoms with Crippen molar-refractivity contribution < 1.29 is 30.5 Å². The lowest BCUT2D eigenvalue weighted by atomic mass is 10.1. The number of hydrogen-bond acceptors (Lipinski definition) is 2.